The normalized spacial score (nSPS) is 13.5. The highest BCUT2D eigenvalue weighted by Gasteiger charge is 2.20. The second kappa shape index (κ2) is 5.84. The Morgan fingerprint density at radius 1 is 1.05 bits per heavy atom. The Labute approximate surface area is 123 Å². The third-order valence-corrected chi connectivity index (χ3v) is 4.99. The average molecular weight is 297 g/mol. The van der Waals surface area contributed by atoms with Crippen molar-refractivity contribution in [2.24, 2.45) is 5.41 Å². The van der Waals surface area contributed by atoms with Crippen LogP contribution in [0.5, 0.6) is 0 Å². The van der Waals surface area contributed by atoms with Crippen molar-refractivity contribution in [3.8, 4) is 0 Å². The summed E-state index contributed by atoms with van der Waals surface area (Å²) in [6, 6.07) is 3.50. The van der Waals surface area contributed by atoms with Crippen molar-refractivity contribution in [3.63, 3.8) is 0 Å². The van der Waals surface area contributed by atoms with Crippen LogP contribution in [-0.2, 0) is 15.3 Å². The van der Waals surface area contributed by atoms with Crippen molar-refractivity contribution in [3.05, 3.63) is 24.0 Å². The van der Waals surface area contributed by atoms with Crippen LogP contribution in [-0.4, -0.2) is 19.2 Å². The monoisotopic (exact) mass is 297 g/mol. The number of aromatic nitrogens is 1. The maximum Gasteiger partial charge on any atom is 0.179 e. The van der Waals surface area contributed by atoms with Crippen molar-refractivity contribution >= 4 is 9.84 Å². The average Bonchev–Trinajstić information content (AvgIpc) is 2.26. The van der Waals surface area contributed by atoms with Crippen LogP contribution in [0.2, 0.25) is 0 Å². The predicted octanol–water partition coefficient (Wildman–Crippen LogP) is 3.98. The molecular formula is C16H27NO2S. The van der Waals surface area contributed by atoms with E-state index < -0.39 is 9.84 Å². The van der Waals surface area contributed by atoms with E-state index in [1.54, 1.807) is 6.07 Å². The molecule has 0 saturated carbocycles. The molecule has 0 spiro atoms. The SMILES string of the molecule is CC(C)(C)CCCS(=O)(=O)c1ccc(C(C)(C)C)nc1. The van der Waals surface area contributed by atoms with E-state index in [1.807, 2.05) is 6.07 Å². The van der Waals surface area contributed by atoms with E-state index in [2.05, 4.69) is 46.5 Å². The van der Waals surface area contributed by atoms with Crippen LogP contribution in [0.3, 0.4) is 0 Å². The first-order valence-corrected chi connectivity index (χ1v) is 8.76. The Morgan fingerprint density at radius 3 is 2.05 bits per heavy atom. The Hall–Kier alpha value is -0.900. The van der Waals surface area contributed by atoms with Crippen molar-refractivity contribution in [2.45, 2.75) is 64.7 Å². The minimum atomic E-state index is -3.21. The van der Waals surface area contributed by atoms with Gasteiger partial charge in [-0.05, 0) is 30.4 Å². The van der Waals surface area contributed by atoms with Gasteiger partial charge in [-0.2, -0.15) is 0 Å². The van der Waals surface area contributed by atoms with Crippen LogP contribution in [0.4, 0.5) is 0 Å². The van der Waals surface area contributed by atoms with E-state index in [-0.39, 0.29) is 16.6 Å². The standard InChI is InChI=1S/C16H27NO2S/c1-15(2,3)10-7-11-20(18,19)13-8-9-14(17-12-13)16(4,5)6/h8-9,12H,7,10-11H2,1-6H3. The molecule has 4 heteroatoms. The number of hydrogen-bond donors (Lipinski definition) is 0. The predicted molar refractivity (Wildman–Crippen MR) is 83.7 cm³/mol. The number of hydrogen-bond acceptors (Lipinski definition) is 3. The van der Waals surface area contributed by atoms with Gasteiger partial charge in [-0.15, -0.1) is 0 Å². The van der Waals surface area contributed by atoms with Gasteiger partial charge in [0.1, 0.15) is 0 Å². The van der Waals surface area contributed by atoms with Crippen molar-refractivity contribution in [2.75, 3.05) is 5.75 Å². The summed E-state index contributed by atoms with van der Waals surface area (Å²) in [6.45, 7) is 12.6. The molecule has 0 atom stereocenters. The van der Waals surface area contributed by atoms with Crippen molar-refractivity contribution in [1.82, 2.24) is 4.98 Å². The van der Waals surface area contributed by atoms with Crippen molar-refractivity contribution < 1.29 is 8.42 Å². The van der Waals surface area contributed by atoms with Crippen molar-refractivity contribution in [1.29, 1.82) is 0 Å². The first kappa shape index (κ1) is 17.2. The van der Waals surface area contributed by atoms with E-state index in [0.717, 1.165) is 12.1 Å². The summed E-state index contributed by atoms with van der Waals surface area (Å²) in [5, 5.41) is 0. The first-order chi connectivity index (χ1) is 8.92. The van der Waals surface area contributed by atoms with Gasteiger partial charge in [0, 0.05) is 17.3 Å². The van der Waals surface area contributed by atoms with Crippen LogP contribution in [0.25, 0.3) is 0 Å². The molecule has 0 aromatic carbocycles. The summed E-state index contributed by atoms with van der Waals surface area (Å²) < 4.78 is 24.5. The molecule has 0 fully saturated rings. The Kier molecular flexibility index (Phi) is 5.01. The summed E-state index contributed by atoms with van der Waals surface area (Å²) in [6.07, 6.45) is 3.08. The van der Waals surface area contributed by atoms with E-state index in [1.165, 1.54) is 6.20 Å². The highest BCUT2D eigenvalue weighted by molar-refractivity contribution is 7.91. The highest BCUT2D eigenvalue weighted by atomic mass is 32.2. The Bertz CT molecular complexity index is 531. The van der Waals surface area contributed by atoms with Gasteiger partial charge in [-0.25, -0.2) is 8.42 Å². The van der Waals surface area contributed by atoms with Gasteiger partial charge in [0.05, 0.1) is 10.6 Å². The molecule has 0 aliphatic carbocycles. The maximum atomic E-state index is 12.2. The Morgan fingerprint density at radius 2 is 1.65 bits per heavy atom. The first-order valence-electron chi connectivity index (χ1n) is 7.11. The van der Waals surface area contributed by atoms with Gasteiger partial charge < -0.3 is 0 Å². The molecule has 1 aromatic rings. The molecule has 0 aliphatic heterocycles. The van der Waals surface area contributed by atoms with Gasteiger partial charge in [-0.1, -0.05) is 41.5 Å². The fourth-order valence-corrected chi connectivity index (χ4v) is 3.17. The second-order valence-corrected chi connectivity index (χ2v) is 9.72. The molecule has 1 heterocycles. The number of sulfone groups is 1. The summed E-state index contributed by atoms with van der Waals surface area (Å²) in [5.74, 6) is 0.195. The molecule has 1 rings (SSSR count). The molecular weight excluding hydrogens is 270 g/mol. The molecule has 0 aliphatic rings. The molecule has 0 radical (unpaired) electrons. The summed E-state index contributed by atoms with van der Waals surface area (Å²) in [5.41, 5.74) is 1.02. The van der Waals surface area contributed by atoms with Crippen LogP contribution < -0.4 is 0 Å². The maximum absolute atomic E-state index is 12.2. The minimum absolute atomic E-state index is 0.0610. The quantitative estimate of drug-likeness (QED) is 0.844. The minimum Gasteiger partial charge on any atom is -0.259 e. The lowest BCUT2D eigenvalue weighted by atomic mass is 9.91. The number of nitrogens with zero attached hydrogens (tertiary/aromatic N) is 1. The molecule has 0 N–H and O–H groups in total. The fraction of sp³-hybridized carbons (Fsp3) is 0.688. The Balaban J connectivity index is 2.78. The lowest BCUT2D eigenvalue weighted by Crippen LogP contribution is -2.15. The van der Waals surface area contributed by atoms with E-state index in [0.29, 0.717) is 11.3 Å². The van der Waals surface area contributed by atoms with E-state index in [9.17, 15) is 8.42 Å². The van der Waals surface area contributed by atoms with Gasteiger partial charge in [0.15, 0.2) is 9.84 Å². The van der Waals surface area contributed by atoms with Crippen LogP contribution in [0.1, 0.15) is 60.1 Å². The lowest BCUT2D eigenvalue weighted by molar-refractivity contribution is 0.373. The summed E-state index contributed by atoms with van der Waals surface area (Å²) in [4.78, 5) is 4.63. The topological polar surface area (TPSA) is 47.0 Å². The molecule has 1 aromatic heterocycles. The smallest absolute Gasteiger partial charge is 0.179 e. The zero-order valence-corrected chi connectivity index (χ0v) is 14.3. The molecule has 0 bridgehead atoms. The molecule has 0 amide bonds. The van der Waals surface area contributed by atoms with E-state index >= 15 is 0 Å². The number of rotatable bonds is 4. The highest BCUT2D eigenvalue weighted by Crippen LogP contribution is 2.24. The van der Waals surface area contributed by atoms with Crippen LogP contribution in [0, 0.1) is 5.41 Å². The third-order valence-electron chi connectivity index (χ3n) is 3.20. The number of pyridine rings is 1. The second-order valence-electron chi connectivity index (χ2n) is 7.61. The zero-order chi connectivity index (χ0) is 15.6. The fourth-order valence-electron chi connectivity index (χ4n) is 1.92. The molecule has 20 heavy (non-hydrogen) atoms. The summed E-state index contributed by atoms with van der Waals surface area (Å²) in [7, 11) is -3.21. The van der Waals surface area contributed by atoms with Gasteiger partial charge in [-0.3, -0.25) is 4.98 Å². The molecule has 0 unspecified atom stereocenters. The van der Waals surface area contributed by atoms with E-state index in [4.69, 9.17) is 0 Å². The lowest BCUT2D eigenvalue weighted by Gasteiger charge is -2.18. The summed E-state index contributed by atoms with van der Waals surface area (Å²) >= 11 is 0. The van der Waals surface area contributed by atoms with Gasteiger partial charge >= 0.3 is 0 Å². The van der Waals surface area contributed by atoms with Crippen LogP contribution in [0.15, 0.2) is 23.2 Å². The van der Waals surface area contributed by atoms with Crippen LogP contribution >= 0.6 is 0 Å². The molecule has 3 nitrogen and oxygen atoms in total. The zero-order valence-electron chi connectivity index (χ0n) is 13.5. The largest absolute Gasteiger partial charge is 0.259 e. The third kappa shape index (κ3) is 5.23. The van der Waals surface area contributed by atoms with Gasteiger partial charge in [0.25, 0.3) is 0 Å². The molecule has 0 saturated heterocycles. The van der Waals surface area contributed by atoms with Gasteiger partial charge in [0.2, 0.25) is 0 Å². The molecule has 114 valence electrons.